The van der Waals surface area contributed by atoms with E-state index in [2.05, 4.69) is 15.5 Å². The number of nitrogens with zero attached hydrogens (tertiary/aromatic N) is 2. The van der Waals surface area contributed by atoms with Gasteiger partial charge in [0.2, 0.25) is 11.7 Å². The van der Waals surface area contributed by atoms with Crippen molar-refractivity contribution in [2.45, 2.75) is 26.9 Å². The molecule has 1 heterocycles. The number of hydrogen-bond donors (Lipinski definition) is 1. The zero-order chi connectivity index (χ0) is 20.6. The van der Waals surface area contributed by atoms with Crippen LogP contribution in [0.25, 0.3) is 0 Å². The van der Waals surface area contributed by atoms with Crippen LogP contribution in [0, 0.1) is 6.92 Å². The third-order valence-corrected chi connectivity index (χ3v) is 3.87. The Balaban J connectivity index is 1.65. The highest BCUT2D eigenvalue weighted by Crippen LogP contribution is 2.21. The number of amides is 1. The van der Waals surface area contributed by atoms with Gasteiger partial charge in [0.05, 0.1) is 17.7 Å². The fraction of sp³-hybridized carbons (Fsp3) is 0.238. The van der Waals surface area contributed by atoms with Crippen LogP contribution in [0.3, 0.4) is 0 Å². The Labute approximate surface area is 167 Å². The van der Waals surface area contributed by atoms with E-state index >= 15 is 0 Å². The van der Waals surface area contributed by atoms with E-state index < -0.39 is 0 Å². The lowest BCUT2D eigenvalue weighted by Crippen LogP contribution is -2.14. The lowest BCUT2D eigenvalue weighted by molar-refractivity contribution is 0.0505. The summed E-state index contributed by atoms with van der Waals surface area (Å²) >= 11 is 0. The molecule has 1 amide bonds. The van der Waals surface area contributed by atoms with Crippen molar-refractivity contribution in [3.05, 3.63) is 71.4 Å². The van der Waals surface area contributed by atoms with E-state index in [1.54, 1.807) is 55.5 Å². The zero-order valence-corrected chi connectivity index (χ0v) is 16.2. The molecule has 29 heavy (non-hydrogen) atoms. The van der Waals surface area contributed by atoms with Crippen molar-refractivity contribution >= 4 is 17.6 Å². The molecule has 0 unspecified atom stereocenters. The van der Waals surface area contributed by atoms with Crippen molar-refractivity contribution in [1.29, 1.82) is 0 Å². The number of aryl methyl sites for hydroxylation is 1. The first kappa shape index (κ1) is 20.1. The predicted octanol–water partition coefficient (Wildman–Crippen LogP) is 3.78. The average Bonchev–Trinajstić information content (AvgIpc) is 3.16. The van der Waals surface area contributed by atoms with E-state index in [4.69, 9.17) is 14.0 Å². The number of carbonyl (C=O) groups is 2. The van der Waals surface area contributed by atoms with E-state index in [9.17, 15) is 9.59 Å². The number of carbonyl (C=O) groups excluding carboxylic acids is 2. The van der Waals surface area contributed by atoms with Crippen LogP contribution in [-0.2, 0) is 11.3 Å². The molecule has 1 aromatic heterocycles. The molecule has 0 atom stereocenters. The number of ether oxygens (including phenoxy) is 2. The first-order chi connectivity index (χ1) is 14.1. The van der Waals surface area contributed by atoms with Crippen LogP contribution in [0.4, 0.5) is 5.69 Å². The van der Waals surface area contributed by atoms with Gasteiger partial charge in [-0.2, -0.15) is 4.98 Å². The molecule has 0 spiro atoms. The van der Waals surface area contributed by atoms with Crippen molar-refractivity contribution in [3.63, 3.8) is 0 Å². The first-order valence-corrected chi connectivity index (χ1v) is 9.16. The topological polar surface area (TPSA) is 104 Å². The minimum atomic E-state index is -0.389. The molecule has 0 saturated carbocycles. The Morgan fingerprint density at radius 1 is 1.10 bits per heavy atom. The molecule has 150 valence electrons. The van der Waals surface area contributed by atoms with Crippen LogP contribution in [0.15, 0.2) is 53.1 Å². The molecule has 0 radical (unpaired) electrons. The van der Waals surface area contributed by atoms with Gasteiger partial charge < -0.3 is 19.3 Å². The van der Waals surface area contributed by atoms with E-state index in [0.29, 0.717) is 40.9 Å². The second kappa shape index (κ2) is 9.50. The summed E-state index contributed by atoms with van der Waals surface area (Å²) in [6.07, 6.45) is 0.758. The van der Waals surface area contributed by atoms with Crippen molar-refractivity contribution in [2.24, 2.45) is 0 Å². The van der Waals surface area contributed by atoms with Gasteiger partial charge in [-0.3, -0.25) is 4.79 Å². The van der Waals surface area contributed by atoms with Crippen molar-refractivity contribution in [2.75, 3.05) is 11.9 Å². The Morgan fingerprint density at radius 2 is 1.86 bits per heavy atom. The summed E-state index contributed by atoms with van der Waals surface area (Å²) in [7, 11) is 0. The number of hydrogen-bond acceptors (Lipinski definition) is 7. The SMILES string of the molecule is CCCOC(=O)c1ccc(NC(=O)c2ccccc2OCc2noc(C)n2)cc1. The first-order valence-electron chi connectivity index (χ1n) is 9.16. The van der Waals surface area contributed by atoms with Crippen LogP contribution in [0.2, 0.25) is 0 Å². The number of esters is 1. The summed E-state index contributed by atoms with van der Waals surface area (Å²) < 4.78 is 15.7. The van der Waals surface area contributed by atoms with Crippen LogP contribution >= 0.6 is 0 Å². The minimum absolute atomic E-state index is 0.0796. The van der Waals surface area contributed by atoms with Gasteiger partial charge in [-0.15, -0.1) is 0 Å². The Kier molecular flexibility index (Phi) is 6.57. The fourth-order valence-electron chi connectivity index (χ4n) is 2.49. The number of anilines is 1. The van der Waals surface area contributed by atoms with Gasteiger partial charge in [0.25, 0.3) is 5.91 Å². The summed E-state index contributed by atoms with van der Waals surface area (Å²) in [5.41, 5.74) is 1.33. The number of para-hydroxylation sites is 1. The molecule has 0 fully saturated rings. The fourth-order valence-corrected chi connectivity index (χ4v) is 2.49. The second-order valence-corrected chi connectivity index (χ2v) is 6.18. The largest absolute Gasteiger partial charge is 0.485 e. The second-order valence-electron chi connectivity index (χ2n) is 6.18. The predicted molar refractivity (Wildman–Crippen MR) is 105 cm³/mol. The summed E-state index contributed by atoms with van der Waals surface area (Å²) in [5, 5.41) is 6.55. The molecule has 8 nitrogen and oxygen atoms in total. The van der Waals surface area contributed by atoms with E-state index in [1.807, 2.05) is 6.92 Å². The summed E-state index contributed by atoms with van der Waals surface area (Å²) in [6, 6.07) is 13.4. The lowest BCUT2D eigenvalue weighted by Gasteiger charge is -2.11. The highest BCUT2D eigenvalue weighted by molar-refractivity contribution is 6.06. The quantitative estimate of drug-likeness (QED) is 0.579. The monoisotopic (exact) mass is 395 g/mol. The smallest absolute Gasteiger partial charge is 0.338 e. The molecular formula is C21H21N3O5. The van der Waals surface area contributed by atoms with Crippen LogP contribution in [-0.4, -0.2) is 28.6 Å². The van der Waals surface area contributed by atoms with Crippen LogP contribution in [0.5, 0.6) is 5.75 Å². The van der Waals surface area contributed by atoms with Crippen LogP contribution in [0.1, 0.15) is 45.8 Å². The van der Waals surface area contributed by atoms with E-state index in [-0.39, 0.29) is 18.5 Å². The summed E-state index contributed by atoms with van der Waals surface area (Å²) in [4.78, 5) is 28.6. The van der Waals surface area contributed by atoms with Gasteiger partial charge in [-0.25, -0.2) is 4.79 Å². The number of nitrogens with one attached hydrogen (secondary N) is 1. The third-order valence-electron chi connectivity index (χ3n) is 3.87. The third kappa shape index (κ3) is 5.41. The Hall–Kier alpha value is -3.68. The number of aromatic nitrogens is 2. The van der Waals surface area contributed by atoms with Gasteiger partial charge in [-0.05, 0) is 42.8 Å². The maximum absolute atomic E-state index is 12.7. The molecule has 0 aliphatic rings. The molecule has 0 bridgehead atoms. The minimum Gasteiger partial charge on any atom is -0.485 e. The molecule has 3 aromatic rings. The Morgan fingerprint density at radius 3 is 2.55 bits per heavy atom. The zero-order valence-electron chi connectivity index (χ0n) is 16.2. The molecule has 1 N–H and O–H groups in total. The summed E-state index contributed by atoms with van der Waals surface area (Å²) in [5.74, 6) is 0.499. The molecule has 2 aromatic carbocycles. The van der Waals surface area contributed by atoms with Crippen LogP contribution < -0.4 is 10.1 Å². The average molecular weight is 395 g/mol. The maximum atomic E-state index is 12.7. The molecule has 0 aliphatic heterocycles. The lowest BCUT2D eigenvalue weighted by atomic mass is 10.1. The van der Waals surface area contributed by atoms with Crippen molar-refractivity contribution in [3.8, 4) is 5.75 Å². The van der Waals surface area contributed by atoms with Gasteiger partial charge in [0, 0.05) is 12.6 Å². The maximum Gasteiger partial charge on any atom is 0.338 e. The standard InChI is InChI=1S/C21H21N3O5/c1-3-12-27-21(26)15-8-10-16(11-9-15)23-20(25)17-6-4-5-7-18(17)28-13-19-22-14(2)29-24-19/h4-11H,3,12-13H2,1-2H3,(H,23,25). The highest BCUT2D eigenvalue weighted by atomic mass is 16.5. The van der Waals surface area contributed by atoms with Crippen molar-refractivity contribution < 1.29 is 23.6 Å². The van der Waals surface area contributed by atoms with E-state index in [1.165, 1.54) is 0 Å². The molecular weight excluding hydrogens is 374 g/mol. The molecule has 8 heteroatoms. The molecule has 0 saturated heterocycles. The van der Waals surface area contributed by atoms with E-state index in [0.717, 1.165) is 6.42 Å². The van der Waals surface area contributed by atoms with Gasteiger partial charge in [-0.1, -0.05) is 24.2 Å². The van der Waals surface area contributed by atoms with Crippen molar-refractivity contribution in [1.82, 2.24) is 10.1 Å². The number of benzene rings is 2. The summed E-state index contributed by atoms with van der Waals surface area (Å²) in [6.45, 7) is 4.07. The molecule has 0 aliphatic carbocycles. The highest BCUT2D eigenvalue weighted by Gasteiger charge is 2.14. The van der Waals surface area contributed by atoms with Gasteiger partial charge >= 0.3 is 5.97 Å². The van der Waals surface area contributed by atoms with Gasteiger partial charge in [0.15, 0.2) is 6.61 Å². The van der Waals surface area contributed by atoms with Gasteiger partial charge in [0.1, 0.15) is 5.75 Å². The number of rotatable bonds is 8. The normalized spacial score (nSPS) is 10.4. The Bertz CT molecular complexity index is 982. The molecule has 3 rings (SSSR count).